The summed E-state index contributed by atoms with van der Waals surface area (Å²) in [4.78, 5) is 22.9. The molecule has 0 saturated heterocycles. The summed E-state index contributed by atoms with van der Waals surface area (Å²) in [6.45, 7) is 7.76. The fourth-order valence-corrected chi connectivity index (χ4v) is 4.26. The standard InChI is InChI=1S/C27H28N6O3S/c1-3-33(4-2)13-5-14-35-25-17-23-22(16-19(25)18-28)24(10-11-29-23)36-21-8-6-20(7-9-21)31-26(34)32-27-30-12-15-37-27/h6-12,15-17H,3-5,13-14H2,1-2H3,(H2,30,31,32,34). The number of nitrogens with zero attached hydrogens (tertiary/aromatic N) is 4. The van der Waals surface area contributed by atoms with Gasteiger partial charge < -0.3 is 19.7 Å². The van der Waals surface area contributed by atoms with Crippen molar-refractivity contribution in [3.8, 4) is 23.3 Å². The molecule has 4 rings (SSSR count). The summed E-state index contributed by atoms with van der Waals surface area (Å²) in [5.41, 5.74) is 1.71. The van der Waals surface area contributed by atoms with Gasteiger partial charge in [-0.1, -0.05) is 13.8 Å². The monoisotopic (exact) mass is 516 g/mol. The molecule has 2 N–H and O–H groups in total. The second-order valence-corrected chi connectivity index (χ2v) is 8.95. The molecule has 0 fully saturated rings. The number of carbonyl (C=O) groups excluding carboxylic acids is 1. The molecule has 0 radical (unpaired) electrons. The van der Waals surface area contributed by atoms with Gasteiger partial charge in [-0.25, -0.2) is 9.78 Å². The summed E-state index contributed by atoms with van der Waals surface area (Å²) < 4.78 is 12.0. The van der Waals surface area contributed by atoms with Crippen LogP contribution in [-0.4, -0.2) is 47.1 Å². The van der Waals surface area contributed by atoms with Crippen LogP contribution in [0.5, 0.6) is 17.2 Å². The van der Waals surface area contributed by atoms with Crippen LogP contribution in [0.25, 0.3) is 10.9 Å². The Bertz CT molecular complexity index is 1370. The third-order valence-electron chi connectivity index (χ3n) is 5.69. The number of nitriles is 1. The van der Waals surface area contributed by atoms with Crippen molar-refractivity contribution in [2.75, 3.05) is 36.9 Å². The van der Waals surface area contributed by atoms with E-state index in [9.17, 15) is 10.1 Å². The van der Waals surface area contributed by atoms with E-state index in [2.05, 4.69) is 45.4 Å². The van der Waals surface area contributed by atoms with E-state index in [1.54, 1.807) is 60.2 Å². The first-order chi connectivity index (χ1) is 18.1. The molecule has 2 heterocycles. The number of pyridine rings is 1. The first kappa shape index (κ1) is 25.9. The Morgan fingerprint density at radius 2 is 1.86 bits per heavy atom. The van der Waals surface area contributed by atoms with Crippen molar-refractivity contribution < 1.29 is 14.3 Å². The van der Waals surface area contributed by atoms with E-state index < -0.39 is 0 Å². The van der Waals surface area contributed by atoms with Gasteiger partial charge in [-0.3, -0.25) is 10.3 Å². The highest BCUT2D eigenvalue weighted by Crippen LogP contribution is 2.33. The van der Waals surface area contributed by atoms with Gasteiger partial charge in [0.25, 0.3) is 0 Å². The van der Waals surface area contributed by atoms with Crippen molar-refractivity contribution in [2.45, 2.75) is 20.3 Å². The van der Waals surface area contributed by atoms with Gasteiger partial charge in [-0.05, 0) is 55.9 Å². The van der Waals surface area contributed by atoms with Crippen molar-refractivity contribution in [2.24, 2.45) is 0 Å². The van der Waals surface area contributed by atoms with Gasteiger partial charge >= 0.3 is 6.03 Å². The Hall–Kier alpha value is -4.20. The summed E-state index contributed by atoms with van der Waals surface area (Å²) in [5, 5.41) is 18.2. The fraction of sp³-hybridized carbons (Fsp3) is 0.259. The van der Waals surface area contributed by atoms with Crippen LogP contribution < -0.4 is 20.1 Å². The zero-order chi connectivity index (χ0) is 26.0. The van der Waals surface area contributed by atoms with Gasteiger partial charge in [-0.15, -0.1) is 11.3 Å². The summed E-state index contributed by atoms with van der Waals surface area (Å²) in [6, 6.07) is 14.1. The van der Waals surface area contributed by atoms with E-state index in [4.69, 9.17) is 9.47 Å². The second kappa shape index (κ2) is 12.7. The highest BCUT2D eigenvalue weighted by atomic mass is 32.1. The average Bonchev–Trinajstić information content (AvgIpc) is 3.42. The summed E-state index contributed by atoms with van der Waals surface area (Å²) >= 11 is 1.34. The number of thiazole rings is 1. The summed E-state index contributed by atoms with van der Waals surface area (Å²) in [7, 11) is 0. The SMILES string of the molecule is CCN(CC)CCCOc1cc2nccc(Oc3ccc(NC(=O)Nc4nccs4)cc3)c2cc1C#N. The smallest absolute Gasteiger partial charge is 0.325 e. The molecule has 10 heteroatoms. The molecule has 2 aromatic heterocycles. The number of aromatic nitrogens is 2. The van der Waals surface area contributed by atoms with Crippen molar-refractivity contribution in [1.82, 2.24) is 14.9 Å². The Morgan fingerprint density at radius 3 is 2.57 bits per heavy atom. The van der Waals surface area contributed by atoms with E-state index in [-0.39, 0.29) is 6.03 Å². The molecule has 0 saturated carbocycles. The van der Waals surface area contributed by atoms with Gasteiger partial charge in [0.2, 0.25) is 0 Å². The van der Waals surface area contributed by atoms with E-state index >= 15 is 0 Å². The number of hydrogen-bond donors (Lipinski definition) is 2. The Labute approximate surface area is 219 Å². The first-order valence-electron chi connectivity index (χ1n) is 12.0. The highest BCUT2D eigenvalue weighted by molar-refractivity contribution is 7.13. The number of benzene rings is 2. The number of hydrogen-bond acceptors (Lipinski definition) is 8. The molecular weight excluding hydrogens is 488 g/mol. The largest absolute Gasteiger partial charge is 0.492 e. The van der Waals surface area contributed by atoms with Crippen LogP contribution in [0.15, 0.2) is 60.2 Å². The van der Waals surface area contributed by atoms with Crippen molar-refractivity contribution in [3.63, 3.8) is 0 Å². The lowest BCUT2D eigenvalue weighted by Gasteiger charge is -2.18. The molecule has 0 unspecified atom stereocenters. The number of anilines is 2. The van der Waals surface area contributed by atoms with Crippen LogP contribution in [0.1, 0.15) is 25.8 Å². The maximum absolute atomic E-state index is 12.1. The Kier molecular flexibility index (Phi) is 8.86. The van der Waals surface area contributed by atoms with Crippen LogP contribution in [0, 0.1) is 11.3 Å². The van der Waals surface area contributed by atoms with Crippen molar-refractivity contribution in [3.05, 3.63) is 65.8 Å². The maximum Gasteiger partial charge on any atom is 0.325 e. The normalized spacial score (nSPS) is 10.8. The van der Waals surface area contributed by atoms with E-state index in [0.29, 0.717) is 51.1 Å². The lowest BCUT2D eigenvalue weighted by atomic mass is 10.1. The number of amides is 2. The number of fused-ring (bicyclic) bond motifs is 1. The van der Waals surface area contributed by atoms with Crippen LogP contribution in [-0.2, 0) is 0 Å². The zero-order valence-corrected chi connectivity index (χ0v) is 21.5. The average molecular weight is 517 g/mol. The molecule has 2 aromatic carbocycles. The third-order valence-corrected chi connectivity index (χ3v) is 6.38. The highest BCUT2D eigenvalue weighted by Gasteiger charge is 2.12. The number of carbonyl (C=O) groups is 1. The third kappa shape index (κ3) is 6.94. The topological polar surface area (TPSA) is 112 Å². The molecule has 0 spiro atoms. The second-order valence-electron chi connectivity index (χ2n) is 8.06. The minimum absolute atomic E-state index is 0.376. The van der Waals surface area contributed by atoms with Gasteiger partial charge in [-0.2, -0.15) is 5.26 Å². The van der Waals surface area contributed by atoms with Crippen LogP contribution in [0.2, 0.25) is 0 Å². The molecule has 37 heavy (non-hydrogen) atoms. The lowest BCUT2D eigenvalue weighted by Crippen LogP contribution is -2.25. The van der Waals surface area contributed by atoms with Gasteiger partial charge in [0, 0.05) is 41.5 Å². The fourth-order valence-electron chi connectivity index (χ4n) is 3.73. The Morgan fingerprint density at radius 1 is 1.05 bits per heavy atom. The quantitative estimate of drug-likeness (QED) is 0.231. The van der Waals surface area contributed by atoms with E-state index in [1.165, 1.54) is 11.3 Å². The minimum Gasteiger partial charge on any atom is -0.492 e. The molecule has 9 nitrogen and oxygen atoms in total. The van der Waals surface area contributed by atoms with E-state index in [1.807, 2.05) is 0 Å². The van der Waals surface area contributed by atoms with Crippen LogP contribution in [0.3, 0.4) is 0 Å². The molecule has 0 atom stereocenters. The minimum atomic E-state index is -0.376. The molecular formula is C27H28N6O3S. The zero-order valence-electron chi connectivity index (χ0n) is 20.7. The molecule has 0 aliphatic rings. The number of rotatable bonds is 11. The molecule has 4 aromatic rings. The maximum atomic E-state index is 12.1. The lowest BCUT2D eigenvalue weighted by molar-refractivity contribution is 0.249. The van der Waals surface area contributed by atoms with E-state index in [0.717, 1.165) is 26.1 Å². The van der Waals surface area contributed by atoms with Gasteiger partial charge in [0.1, 0.15) is 23.3 Å². The first-order valence-corrected chi connectivity index (χ1v) is 12.9. The number of nitrogens with one attached hydrogen (secondary N) is 2. The summed E-state index contributed by atoms with van der Waals surface area (Å²) in [5.74, 6) is 1.66. The predicted molar refractivity (Wildman–Crippen MR) is 146 cm³/mol. The molecule has 0 bridgehead atoms. The van der Waals surface area contributed by atoms with Crippen LogP contribution in [0.4, 0.5) is 15.6 Å². The Balaban J connectivity index is 1.43. The predicted octanol–water partition coefficient (Wildman–Crippen LogP) is 6.11. The molecule has 2 amide bonds. The van der Waals surface area contributed by atoms with Gasteiger partial charge in [0.05, 0.1) is 17.7 Å². The number of urea groups is 1. The summed E-state index contributed by atoms with van der Waals surface area (Å²) in [6.07, 6.45) is 4.16. The van der Waals surface area contributed by atoms with Crippen molar-refractivity contribution >= 4 is 39.1 Å². The van der Waals surface area contributed by atoms with Gasteiger partial charge in [0.15, 0.2) is 5.13 Å². The number of ether oxygens (including phenoxy) is 2. The molecule has 190 valence electrons. The molecule has 0 aliphatic heterocycles. The molecule has 0 aliphatic carbocycles. The van der Waals surface area contributed by atoms with Crippen molar-refractivity contribution in [1.29, 1.82) is 5.26 Å². The van der Waals surface area contributed by atoms with Crippen LogP contribution >= 0.6 is 11.3 Å².